The van der Waals surface area contributed by atoms with E-state index >= 15 is 0 Å². The number of ketones is 1. The summed E-state index contributed by atoms with van der Waals surface area (Å²) in [5, 5.41) is 10.4. The minimum Gasteiger partial charge on any atom is -0.433 e. The molecule has 1 aromatic carbocycles. The molecule has 2 aromatic rings. The van der Waals surface area contributed by atoms with Gasteiger partial charge in [-0.2, -0.15) is 0 Å². The van der Waals surface area contributed by atoms with Crippen molar-refractivity contribution in [2.75, 3.05) is 6.54 Å². The molecule has 2 heterocycles. The Balaban J connectivity index is 1.75. The van der Waals surface area contributed by atoms with Gasteiger partial charge in [0.25, 0.3) is 11.8 Å². The summed E-state index contributed by atoms with van der Waals surface area (Å²) in [7, 11) is 0. The standard InChI is InChI=1S/C23H27FN4O6/c1-12(2)16(25-15(29)11-28-20(31)23(5,6)34-21(28)32)17(30)18-26-27-19(33-18)22(3,4)13-7-9-14(24)10-8-13/h7-10,12,16H,11H2,1-6H3,(H,25,29). The number of Topliss-reactive ketones (excluding diaryl/α,β-unsaturated/α-hetero) is 1. The lowest BCUT2D eigenvalue weighted by Crippen LogP contribution is -2.49. The van der Waals surface area contributed by atoms with Crippen LogP contribution >= 0.6 is 0 Å². The number of imide groups is 1. The summed E-state index contributed by atoms with van der Waals surface area (Å²) < 4.78 is 23.9. The molecular weight excluding hydrogens is 447 g/mol. The summed E-state index contributed by atoms with van der Waals surface area (Å²) in [6.07, 6.45) is -0.929. The Morgan fingerprint density at radius 3 is 2.29 bits per heavy atom. The summed E-state index contributed by atoms with van der Waals surface area (Å²) in [4.78, 5) is 50.5. The molecule has 1 N–H and O–H groups in total. The Hall–Kier alpha value is -3.63. The Morgan fingerprint density at radius 1 is 1.15 bits per heavy atom. The molecule has 3 rings (SSSR count). The van der Waals surface area contributed by atoms with Crippen molar-refractivity contribution in [3.8, 4) is 0 Å². The van der Waals surface area contributed by atoms with Crippen LogP contribution in [0.3, 0.4) is 0 Å². The normalized spacial score (nSPS) is 16.5. The number of nitrogens with zero attached hydrogens (tertiary/aromatic N) is 3. The van der Waals surface area contributed by atoms with E-state index in [0.29, 0.717) is 10.5 Å². The molecule has 0 saturated carbocycles. The van der Waals surface area contributed by atoms with E-state index in [2.05, 4.69) is 15.5 Å². The highest BCUT2D eigenvalue weighted by Crippen LogP contribution is 2.31. The SMILES string of the molecule is CC(C)C(NC(=O)CN1C(=O)OC(C)(C)C1=O)C(=O)c1nnc(C(C)(C)c2ccc(F)cc2)o1. The molecule has 1 fully saturated rings. The van der Waals surface area contributed by atoms with E-state index in [1.165, 1.54) is 26.0 Å². The lowest BCUT2D eigenvalue weighted by Gasteiger charge is -2.22. The third-order valence-electron chi connectivity index (χ3n) is 5.63. The van der Waals surface area contributed by atoms with Gasteiger partial charge in [-0.1, -0.05) is 26.0 Å². The average molecular weight is 474 g/mol. The number of cyclic esters (lactones) is 1. The number of amides is 3. The summed E-state index contributed by atoms with van der Waals surface area (Å²) in [6.45, 7) is 9.25. The van der Waals surface area contributed by atoms with Crippen molar-refractivity contribution in [3.63, 3.8) is 0 Å². The van der Waals surface area contributed by atoms with Crippen LogP contribution in [-0.2, 0) is 19.7 Å². The number of carbonyl (C=O) groups is 4. The topological polar surface area (TPSA) is 132 Å². The molecule has 0 aliphatic carbocycles. The Morgan fingerprint density at radius 2 is 1.76 bits per heavy atom. The first kappa shape index (κ1) is 25.0. The van der Waals surface area contributed by atoms with E-state index in [0.717, 1.165) is 0 Å². The maximum Gasteiger partial charge on any atom is 0.418 e. The molecule has 10 nitrogen and oxygen atoms in total. The first-order chi connectivity index (χ1) is 15.7. The van der Waals surface area contributed by atoms with Crippen LogP contribution in [0.25, 0.3) is 0 Å². The fourth-order valence-corrected chi connectivity index (χ4v) is 3.46. The summed E-state index contributed by atoms with van der Waals surface area (Å²) in [6, 6.07) is 4.75. The minimum atomic E-state index is -1.36. The van der Waals surface area contributed by atoms with Gasteiger partial charge >= 0.3 is 6.09 Å². The van der Waals surface area contributed by atoms with Crippen molar-refractivity contribution in [2.24, 2.45) is 5.92 Å². The highest BCUT2D eigenvalue weighted by atomic mass is 19.1. The predicted molar refractivity (Wildman–Crippen MR) is 116 cm³/mol. The Bertz CT molecular complexity index is 1120. The Labute approximate surface area is 195 Å². The molecule has 11 heteroatoms. The minimum absolute atomic E-state index is 0.143. The summed E-state index contributed by atoms with van der Waals surface area (Å²) in [5.74, 6) is -2.90. The molecule has 1 aliphatic rings. The molecule has 1 unspecified atom stereocenters. The maximum absolute atomic E-state index is 13.3. The van der Waals surface area contributed by atoms with Crippen LogP contribution in [0.5, 0.6) is 0 Å². The molecular formula is C23H27FN4O6. The number of aromatic nitrogens is 2. The number of halogens is 1. The van der Waals surface area contributed by atoms with E-state index < -0.39 is 47.3 Å². The van der Waals surface area contributed by atoms with Gasteiger partial charge < -0.3 is 14.5 Å². The van der Waals surface area contributed by atoms with Gasteiger partial charge in [-0.3, -0.25) is 14.4 Å². The molecule has 1 aliphatic heterocycles. The lowest BCUT2D eigenvalue weighted by atomic mass is 9.84. The van der Waals surface area contributed by atoms with Gasteiger partial charge in [0.2, 0.25) is 17.6 Å². The summed E-state index contributed by atoms with van der Waals surface area (Å²) >= 11 is 0. The first-order valence-electron chi connectivity index (χ1n) is 10.7. The second kappa shape index (κ2) is 8.96. The van der Waals surface area contributed by atoms with Gasteiger partial charge in [-0.05, 0) is 51.3 Å². The van der Waals surface area contributed by atoms with Gasteiger partial charge in [-0.25, -0.2) is 14.1 Å². The fraction of sp³-hybridized carbons (Fsp3) is 0.478. The van der Waals surface area contributed by atoms with Gasteiger partial charge in [0.1, 0.15) is 12.4 Å². The lowest BCUT2D eigenvalue weighted by molar-refractivity contribution is -0.137. The average Bonchev–Trinajstić information content (AvgIpc) is 3.32. The second-order valence-electron chi connectivity index (χ2n) is 9.47. The van der Waals surface area contributed by atoms with Crippen molar-refractivity contribution in [1.82, 2.24) is 20.4 Å². The summed E-state index contributed by atoms with van der Waals surface area (Å²) in [5.41, 5.74) is -1.46. The number of benzene rings is 1. The molecule has 1 aromatic heterocycles. The number of carbonyl (C=O) groups excluding carboxylic acids is 4. The van der Waals surface area contributed by atoms with Gasteiger partial charge in [-0.15, -0.1) is 10.2 Å². The molecule has 0 bridgehead atoms. The van der Waals surface area contributed by atoms with E-state index in [-0.39, 0.29) is 23.5 Å². The van der Waals surface area contributed by atoms with Crippen molar-refractivity contribution in [2.45, 2.75) is 58.6 Å². The number of rotatable bonds is 8. The number of hydrogen-bond donors (Lipinski definition) is 1. The van der Waals surface area contributed by atoms with Crippen LogP contribution in [0.2, 0.25) is 0 Å². The highest BCUT2D eigenvalue weighted by Gasteiger charge is 2.48. The molecule has 3 amide bonds. The van der Waals surface area contributed by atoms with E-state index in [4.69, 9.17) is 9.15 Å². The fourth-order valence-electron chi connectivity index (χ4n) is 3.46. The zero-order valence-corrected chi connectivity index (χ0v) is 19.8. The van der Waals surface area contributed by atoms with Gasteiger partial charge in [0, 0.05) is 0 Å². The van der Waals surface area contributed by atoms with Crippen LogP contribution in [0.15, 0.2) is 28.7 Å². The first-order valence-corrected chi connectivity index (χ1v) is 10.7. The van der Waals surface area contributed by atoms with Crippen molar-refractivity contribution in [3.05, 3.63) is 47.4 Å². The maximum atomic E-state index is 13.3. The number of nitrogens with one attached hydrogen (secondary N) is 1. The quantitative estimate of drug-likeness (QED) is 0.578. The van der Waals surface area contributed by atoms with Crippen LogP contribution in [-0.4, -0.2) is 57.0 Å². The van der Waals surface area contributed by atoms with Crippen LogP contribution < -0.4 is 5.32 Å². The largest absolute Gasteiger partial charge is 0.433 e. The zero-order chi connectivity index (χ0) is 25.4. The molecule has 182 valence electrons. The van der Waals surface area contributed by atoms with E-state index in [1.807, 2.05) is 0 Å². The third kappa shape index (κ3) is 4.82. The van der Waals surface area contributed by atoms with Crippen molar-refractivity contribution in [1.29, 1.82) is 0 Å². The Kier molecular flexibility index (Phi) is 6.59. The van der Waals surface area contributed by atoms with Crippen molar-refractivity contribution < 1.29 is 32.7 Å². The monoisotopic (exact) mass is 474 g/mol. The highest BCUT2D eigenvalue weighted by molar-refractivity contribution is 6.05. The zero-order valence-electron chi connectivity index (χ0n) is 19.8. The smallest absolute Gasteiger partial charge is 0.418 e. The molecule has 1 saturated heterocycles. The van der Waals surface area contributed by atoms with Crippen LogP contribution in [0, 0.1) is 11.7 Å². The van der Waals surface area contributed by atoms with Crippen LogP contribution in [0.4, 0.5) is 9.18 Å². The molecule has 1 atom stereocenters. The third-order valence-corrected chi connectivity index (χ3v) is 5.63. The molecule has 34 heavy (non-hydrogen) atoms. The second-order valence-corrected chi connectivity index (χ2v) is 9.47. The molecule has 0 spiro atoms. The molecule has 0 radical (unpaired) electrons. The van der Waals surface area contributed by atoms with E-state index in [1.54, 1.807) is 39.8 Å². The van der Waals surface area contributed by atoms with Gasteiger partial charge in [0.15, 0.2) is 5.60 Å². The number of hydrogen-bond acceptors (Lipinski definition) is 8. The van der Waals surface area contributed by atoms with Gasteiger partial charge in [0.05, 0.1) is 11.5 Å². The van der Waals surface area contributed by atoms with E-state index in [9.17, 15) is 23.6 Å². The number of ether oxygens (including phenoxy) is 1. The predicted octanol–water partition coefficient (Wildman–Crippen LogP) is 2.62. The van der Waals surface area contributed by atoms with Crippen molar-refractivity contribution >= 4 is 23.7 Å². The van der Waals surface area contributed by atoms with Crippen LogP contribution in [0.1, 0.15) is 63.7 Å².